The maximum Gasteiger partial charge on any atom is 0.242 e. The zero-order valence-corrected chi connectivity index (χ0v) is 18.4. The van der Waals surface area contributed by atoms with Gasteiger partial charge in [-0.1, -0.05) is 41.4 Å². The van der Waals surface area contributed by atoms with Crippen molar-refractivity contribution in [2.24, 2.45) is 0 Å². The molecule has 2 aromatic carbocycles. The summed E-state index contributed by atoms with van der Waals surface area (Å²) in [6, 6.07) is 10.0. The lowest BCUT2D eigenvalue weighted by atomic mass is 10.1. The molecule has 1 N–H and O–H groups in total. The van der Waals surface area contributed by atoms with Crippen LogP contribution in [0.4, 0.5) is 4.39 Å². The molecule has 2 rings (SSSR count). The molecule has 0 unspecified atom stereocenters. The standard InChI is InChI=1S/C22H25Cl2FN2O2/c1-14(21(29)26-22(2,3)4)27(13-16-7-8-17(23)12-19(16)24)20(28)11-15-5-9-18(25)10-6-15/h5-10,12,14H,11,13H2,1-4H3,(H,26,29)/t14-/m0/s1. The van der Waals surface area contributed by atoms with Gasteiger partial charge in [-0.05, 0) is 63.1 Å². The Balaban J connectivity index is 2.29. The van der Waals surface area contributed by atoms with Crippen molar-refractivity contribution in [2.75, 3.05) is 0 Å². The molecule has 0 aliphatic carbocycles. The molecule has 0 fully saturated rings. The smallest absolute Gasteiger partial charge is 0.242 e. The fraction of sp³-hybridized carbons (Fsp3) is 0.364. The summed E-state index contributed by atoms with van der Waals surface area (Å²) in [5, 5.41) is 3.80. The van der Waals surface area contributed by atoms with Gasteiger partial charge in [-0.2, -0.15) is 0 Å². The van der Waals surface area contributed by atoms with Crippen molar-refractivity contribution in [3.05, 3.63) is 69.5 Å². The molecule has 0 aromatic heterocycles. The summed E-state index contributed by atoms with van der Waals surface area (Å²) < 4.78 is 13.2. The minimum Gasteiger partial charge on any atom is -0.350 e. The Morgan fingerprint density at radius 2 is 1.72 bits per heavy atom. The van der Waals surface area contributed by atoms with E-state index in [0.29, 0.717) is 21.2 Å². The highest BCUT2D eigenvalue weighted by Gasteiger charge is 2.28. The highest BCUT2D eigenvalue weighted by Crippen LogP contribution is 2.23. The molecule has 2 aromatic rings. The van der Waals surface area contributed by atoms with Crippen LogP contribution >= 0.6 is 23.2 Å². The second kappa shape index (κ2) is 9.59. The van der Waals surface area contributed by atoms with E-state index in [1.807, 2.05) is 20.8 Å². The van der Waals surface area contributed by atoms with Gasteiger partial charge in [0.2, 0.25) is 11.8 Å². The summed E-state index contributed by atoms with van der Waals surface area (Å²) in [6.07, 6.45) is 0.0403. The molecule has 7 heteroatoms. The molecule has 0 spiro atoms. The zero-order valence-electron chi connectivity index (χ0n) is 16.9. The van der Waals surface area contributed by atoms with Crippen LogP contribution in [0, 0.1) is 5.82 Å². The van der Waals surface area contributed by atoms with Gasteiger partial charge in [0.15, 0.2) is 0 Å². The fourth-order valence-electron chi connectivity index (χ4n) is 2.77. The van der Waals surface area contributed by atoms with E-state index in [1.54, 1.807) is 37.3 Å². The Hall–Kier alpha value is -2.11. The van der Waals surface area contributed by atoms with Crippen LogP contribution in [0.5, 0.6) is 0 Å². The van der Waals surface area contributed by atoms with E-state index in [0.717, 1.165) is 0 Å². The van der Waals surface area contributed by atoms with Crippen LogP contribution in [-0.2, 0) is 22.6 Å². The average Bonchev–Trinajstić information content (AvgIpc) is 2.61. The molecule has 0 radical (unpaired) electrons. The van der Waals surface area contributed by atoms with Crippen LogP contribution in [0.25, 0.3) is 0 Å². The lowest BCUT2D eigenvalue weighted by Crippen LogP contribution is -2.52. The van der Waals surface area contributed by atoms with Crippen molar-refractivity contribution in [1.82, 2.24) is 10.2 Å². The molecule has 0 saturated carbocycles. The topological polar surface area (TPSA) is 49.4 Å². The first-order valence-electron chi connectivity index (χ1n) is 9.26. The molecule has 4 nitrogen and oxygen atoms in total. The second-order valence-corrected chi connectivity index (χ2v) is 8.82. The summed E-state index contributed by atoms with van der Waals surface area (Å²) in [6.45, 7) is 7.44. The molecule has 2 amide bonds. The maximum atomic E-state index is 13.2. The van der Waals surface area contributed by atoms with Gasteiger partial charge >= 0.3 is 0 Å². The normalized spacial score (nSPS) is 12.4. The third kappa shape index (κ3) is 7.02. The quantitative estimate of drug-likeness (QED) is 0.688. The highest BCUT2D eigenvalue weighted by molar-refractivity contribution is 6.35. The Morgan fingerprint density at radius 1 is 1.10 bits per heavy atom. The van der Waals surface area contributed by atoms with Crippen molar-refractivity contribution in [1.29, 1.82) is 0 Å². The van der Waals surface area contributed by atoms with E-state index in [4.69, 9.17) is 23.2 Å². The van der Waals surface area contributed by atoms with Crippen LogP contribution < -0.4 is 5.32 Å². The SMILES string of the molecule is C[C@@H](C(=O)NC(C)(C)C)N(Cc1ccc(Cl)cc1Cl)C(=O)Cc1ccc(F)cc1. The molecule has 0 bridgehead atoms. The first-order valence-corrected chi connectivity index (χ1v) is 10.0. The molecule has 0 saturated heterocycles. The van der Waals surface area contributed by atoms with Gasteiger partial charge in [-0.25, -0.2) is 4.39 Å². The van der Waals surface area contributed by atoms with Crippen LogP contribution in [0.15, 0.2) is 42.5 Å². The Labute approximate surface area is 181 Å². The lowest BCUT2D eigenvalue weighted by Gasteiger charge is -2.31. The van der Waals surface area contributed by atoms with E-state index < -0.39 is 11.6 Å². The van der Waals surface area contributed by atoms with E-state index in [9.17, 15) is 14.0 Å². The van der Waals surface area contributed by atoms with E-state index in [2.05, 4.69) is 5.32 Å². The van der Waals surface area contributed by atoms with Crippen molar-refractivity contribution in [3.63, 3.8) is 0 Å². The molecule has 29 heavy (non-hydrogen) atoms. The summed E-state index contributed by atoms with van der Waals surface area (Å²) in [4.78, 5) is 27.3. The second-order valence-electron chi connectivity index (χ2n) is 7.98. The van der Waals surface area contributed by atoms with Crippen molar-refractivity contribution >= 4 is 35.0 Å². The predicted molar refractivity (Wildman–Crippen MR) is 114 cm³/mol. The van der Waals surface area contributed by atoms with Gasteiger partial charge in [0.05, 0.1) is 6.42 Å². The Bertz CT molecular complexity index is 879. The largest absolute Gasteiger partial charge is 0.350 e. The molecule has 156 valence electrons. The van der Waals surface area contributed by atoms with Crippen molar-refractivity contribution in [2.45, 2.75) is 52.2 Å². The number of nitrogens with one attached hydrogen (secondary N) is 1. The molecular weight excluding hydrogens is 414 g/mol. The zero-order chi connectivity index (χ0) is 21.8. The third-order valence-electron chi connectivity index (χ3n) is 4.29. The summed E-state index contributed by atoms with van der Waals surface area (Å²) in [7, 11) is 0. The van der Waals surface area contributed by atoms with Gasteiger partial charge in [0.25, 0.3) is 0 Å². The number of carbonyl (C=O) groups excluding carboxylic acids is 2. The predicted octanol–water partition coefficient (Wildman–Crippen LogP) is 5.01. The average molecular weight is 439 g/mol. The van der Waals surface area contributed by atoms with Crippen LogP contribution in [-0.4, -0.2) is 28.3 Å². The molecular formula is C22H25Cl2FN2O2. The van der Waals surface area contributed by atoms with Gasteiger partial charge in [0, 0.05) is 22.1 Å². The summed E-state index contributed by atoms with van der Waals surface area (Å²) in [5.74, 6) is -0.904. The number of hydrogen-bond acceptors (Lipinski definition) is 2. The van der Waals surface area contributed by atoms with Gasteiger partial charge in [-0.15, -0.1) is 0 Å². The Kier molecular flexibility index (Phi) is 7.66. The summed E-state index contributed by atoms with van der Waals surface area (Å²) in [5.41, 5.74) is 0.903. The Morgan fingerprint density at radius 3 is 2.28 bits per heavy atom. The minimum absolute atomic E-state index is 0.0403. The molecule has 0 aliphatic heterocycles. The summed E-state index contributed by atoms with van der Waals surface area (Å²) >= 11 is 12.2. The van der Waals surface area contributed by atoms with E-state index in [1.165, 1.54) is 17.0 Å². The van der Waals surface area contributed by atoms with Crippen LogP contribution in [0.2, 0.25) is 10.0 Å². The van der Waals surface area contributed by atoms with Crippen LogP contribution in [0.3, 0.4) is 0 Å². The van der Waals surface area contributed by atoms with Gasteiger partial charge in [0.1, 0.15) is 11.9 Å². The third-order valence-corrected chi connectivity index (χ3v) is 4.88. The number of rotatable bonds is 6. The number of carbonyl (C=O) groups is 2. The van der Waals surface area contributed by atoms with Crippen molar-refractivity contribution < 1.29 is 14.0 Å². The van der Waals surface area contributed by atoms with Gasteiger partial charge in [-0.3, -0.25) is 9.59 Å². The monoisotopic (exact) mass is 438 g/mol. The number of halogens is 3. The first kappa shape index (κ1) is 23.2. The fourth-order valence-corrected chi connectivity index (χ4v) is 3.24. The molecule has 0 heterocycles. The van der Waals surface area contributed by atoms with E-state index >= 15 is 0 Å². The van der Waals surface area contributed by atoms with Gasteiger partial charge < -0.3 is 10.2 Å². The highest BCUT2D eigenvalue weighted by atomic mass is 35.5. The van der Waals surface area contributed by atoms with Crippen LogP contribution in [0.1, 0.15) is 38.8 Å². The maximum absolute atomic E-state index is 13.2. The lowest BCUT2D eigenvalue weighted by molar-refractivity contribution is -0.140. The number of amides is 2. The molecule has 1 atom stereocenters. The number of benzene rings is 2. The molecule has 0 aliphatic rings. The number of hydrogen-bond donors (Lipinski definition) is 1. The van der Waals surface area contributed by atoms with E-state index in [-0.39, 0.29) is 30.6 Å². The number of nitrogens with zero attached hydrogens (tertiary/aromatic N) is 1. The first-order chi connectivity index (χ1) is 13.5. The van der Waals surface area contributed by atoms with Crippen molar-refractivity contribution in [3.8, 4) is 0 Å². The minimum atomic E-state index is -0.728.